The summed E-state index contributed by atoms with van der Waals surface area (Å²) in [6.45, 7) is 8.97. The van der Waals surface area contributed by atoms with Crippen LogP contribution in [0.2, 0.25) is 0 Å². The maximum Gasteiger partial charge on any atom is 0.0565 e. The molecule has 1 heterocycles. The number of rotatable bonds is 5. The van der Waals surface area contributed by atoms with Crippen LogP contribution >= 0.6 is 0 Å². The molecule has 0 bridgehead atoms. The van der Waals surface area contributed by atoms with Gasteiger partial charge in [-0.3, -0.25) is 0 Å². The first-order chi connectivity index (χ1) is 9.54. The highest BCUT2D eigenvalue weighted by atomic mass is 16.5. The van der Waals surface area contributed by atoms with Gasteiger partial charge in [0.25, 0.3) is 0 Å². The van der Waals surface area contributed by atoms with Crippen molar-refractivity contribution < 1.29 is 4.74 Å². The summed E-state index contributed by atoms with van der Waals surface area (Å²) in [4.78, 5) is 0. The van der Waals surface area contributed by atoms with E-state index in [-0.39, 0.29) is 0 Å². The Morgan fingerprint density at radius 1 is 1.10 bits per heavy atom. The van der Waals surface area contributed by atoms with Crippen LogP contribution in [-0.2, 0) is 4.74 Å². The largest absolute Gasteiger partial charge is 0.375 e. The van der Waals surface area contributed by atoms with Gasteiger partial charge in [-0.05, 0) is 44.6 Å². The first-order valence-electron chi connectivity index (χ1n) is 8.01. The van der Waals surface area contributed by atoms with E-state index in [1.807, 2.05) is 0 Å². The van der Waals surface area contributed by atoms with Gasteiger partial charge in [0.05, 0.1) is 12.2 Å². The Hall–Kier alpha value is -0.860. The van der Waals surface area contributed by atoms with Crippen molar-refractivity contribution in [3.05, 3.63) is 35.9 Å². The van der Waals surface area contributed by atoms with Crippen molar-refractivity contribution >= 4 is 0 Å². The van der Waals surface area contributed by atoms with Gasteiger partial charge in [-0.15, -0.1) is 0 Å². The molecule has 3 unspecified atom stereocenters. The molecule has 0 saturated carbocycles. The molecule has 20 heavy (non-hydrogen) atoms. The van der Waals surface area contributed by atoms with Crippen molar-refractivity contribution in [2.75, 3.05) is 0 Å². The van der Waals surface area contributed by atoms with Crippen molar-refractivity contribution in [3.8, 4) is 0 Å². The molecule has 1 saturated heterocycles. The average molecular weight is 275 g/mol. The molecule has 0 aromatic heterocycles. The molecule has 1 aromatic carbocycles. The van der Waals surface area contributed by atoms with Crippen LogP contribution in [-0.4, -0.2) is 18.2 Å². The van der Waals surface area contributed by atoms with Gasteiger partial charge in [0.2, 0.25) is 0 Å². The molecule has 1 fully saturated rings. The summed E-state index contributed by atoms with van der Waals surface area (Å²) >= 11 is 0. The second kappa shape index (κ2) is 7.24. The highest BCUT2D eigenvalue weighted by Gasteiger charge is 2.26. The zero-order valence-corrected chi connectivity index (χ0v) is 13.3. The summed E-state index contributed by atoms with van der Waals surface area (Å²) in [5.41, 5.74) is 1.41. The SMILES string of the molecule is CC(C)CC(NC1CC(C)OC(C)C1)c1ccccc1. The van der Waals surface area contributed by atoms with Gasteiger partial charge >= 0.3 is 0 Å². The third-order valence-electron chi connectivity index (χ3n) is 4.04. The topological polar surface area (TPSA) is 21.3 Å². The third kappa shape index (κ3) is 4.60. The molecule has 2 heteroatoms. The zero-order chi connectivity index (χ0) is 14.5. The minimum atomic E-state index is 0.367. The molecule has 0 radical (unpaired) electrons. The normalized spacial score (nSPS) is 28.6. The van der Waals surface area contributed by atoms with E-state index in [1.165, 1.54) is 12.0 Å². The average Bonchev–Trinajstić information content (AvgIpc) is 2.37. The predicted octanol–water partition coefficient (Wildman–Crippen LogP) is 4.32. The summed E-state index contributed by atoms with van der Waals surface area (Å²) < 4.78 is 5.84. The van der Waals surface area contributed by atoms with Gasteiger partial charge in [0.15, 0.2) is 0 Å². The van der Waals surface area contributed by atoms with Gasteiger partial charge < -0.3 is 10.1 Å². The molecule has 0 spiro atoms. The number of benzene rings is 1. The van der Waals surface area contributed by atoms with Crippen LogP contribution in [0.25, 0.3) is 0 Å². The van der Waals surface area contributed by atoms with Gasteiger partial charge in [-0.2, -0.15) is 0 Å². The van der Waals surface area contributed by atoms with Gasteiger partial charge in [-0.1, -0.05) is 44.2 Å². The van der Waals surface area contributed by atoms with Gasteiger partial charge in [0.1, 0.15) is 0 Å². The molecule has 112 valence electrons. The highest BCUT2D eigenvalue weighted by Crippen LogP contribution is 2.26. The third-order valence-corrected chi connectivity index (χ3v) is 4.04. The van der Waals surface area contributed by atoms with E-state index in [1.54, 1.807) is 0 Å². The highest BCUT2D eigenvalue weighted by molar-refractivity contribution is 5.19. The quantitative estimate of drug-likeness (QED) is 0.864. The van der Waals surface area contributed by atoms with Crippen molar-refractivity contribution in [2.24, 2.45) is 5.92 Å². The monoisotopic (exact) mass is 275 g/mol. The molecule has 3 atom stereocenters. The molecule has 1 aromatic rings. The van der Waals surface area contributed by atoms with Crippen LogP contribution in [0.4, 0.5) is 0 Å². The van der Waals surface area contributed by atoms with Crippen LogP contribution < -0.4 is 5.32 Å². The maximum atomic E-state index is 5.84. The molecule has 1 aliphatic heterocycles. The van der Waals surface area contributed by atoms with Crippen LogP contribution in [0.5, 0.6) is 0 Å². The van der Waals surface area contributed by atoms with Crippen molar-refractivity contribution in [1.82, 2.24) is 5.32 Å². The first-order valence-corrected chi connectivity index (χ1v) is 8.01. The Labute approximate surface area is 123 Å². The number of hydrogen-bond acceptors (Lipinski definition) is 2. The molecule has 1 N–H and O–H groups in total. The smallest absolute Gasteiger partial charge is 0.0565 e. The van der Waals surface area contributed by atoms with E-state index < -0.39 is 0 Å². The van der Waals surface area contributed by atoms with Crippen LogP contribution in [0.15, 0.2) is 30.3 Å². The molecule has 0 amide bonds. The van der Waals surface area contributed by atoms with E-state index >= 15 is 0 Å². The first kappa shape index (κ1) is 15.5. The van der Waals surface area contributed by atoms with Crippen LogP contribution in [0, 0.1) is 5.92 Å². The Bertz CT molecular complexity index is 380. The molecular formula is C18H29NO. The fourth-order valence-corrected chi connectivity index (χ4v) is 3.28. The minimum absolute atomic E-state index is 0.367. The second-order valence-electron chi connectivity index (χ2n) is 6.69. The lowest BCUT2D eigenvalue weighted by Gasteiger charge is -2.35. The lowest BCUT2D eigenvalue weighted by atomic mass is 9.93. The Morgan fingerprint density at radius 2 is 1.70 bits per heavy atom. The van der Waals surface area contributed by atoms with Crippen LogP contribution in [0.3, 0.4) is 0 Å². The fourth-order valence-electron chi connectivity index (χ4n) is 3.28. The predicted molar refractivity (Wildman–Crippen MR) is 84.8 cm³/mol. The van der Waals surface area contributed by atoms with Gasteiger partial charge in [0, 0.05) is 12.1 Å². The van der Waals surface area contributed by atoms with Crippen molar-refractivity contribution in [1.29, 1.82) is 0 Å². The standard InChI is InChI=1S/C18H29NO/c1-13(2)10-18(16-8-6-5-7-9-16)19-17-11-14(3)20-15(4)12-17/h5-9,13-15,17-19H,10-12H2,1-4H3. The summed E-state index contributed by atoms with van der Waals surface area (Å²) in [6, 6.07) is 11.9. The summed E-state index contributed by atoms with van der Waals surface area (Å²) in [5, 5.41) is 3.88. The maximum absolute atomic E-state index is 5.84. The molecule has 0 aliphatic carbocycles. The van der Waals surface area contributed by atoms with E-state index in [0.717, 1.165) is 12.8 Å². The molecule has 1 aliphatic rings. The summed E-state index contributed by atoms with van der Waals surface area (Å²) in [6.07, 6.45) is 4.15. The molecule has 2 rings (SSSR count). The fraction of sp³-hybridized carbons (Fsp3) is 0.667. The van der Waals surface area contributed by atoms with E-state index in [2.05, 4.69) is 63.3 Å². The minimum Gasteiger partial charge on any atom is -0.375 e. The van der Waals surface area contributed by atoms with E-state index in [9.17, 15) is 0 Å². The molecule has 2 nitrogen and oxygen atoms in total. The lowest BCUT2D eigenvalue weighted by Crippen LogP contribution is -2.43. The van der Waals surface area contributed by atoms with E-state index in [0.29, 0.717) is 30.2 Å². The molecular weight excluding hydrogens is 246 g/mol. The van der Waals surface area contributed by atoms with Gasteiger partial charge in [-0.25, -0.2) is 0 Å². The lowest BCUT2D eigenvalue weighted by molar-refractivity contribution is -0.0439. The number of ether oxygens (including phenoxy) is 1. The number of hydrogen-bond donors (Lipinski definition) is 1. The summed E-state index contributed by atoms with van der Waals surface area (Å²) in [5.74, 6) is 0.697. The Balaban J connectivity index is 2.04. The Kier molecular flexibility index (Phi) is 5.62. The summed E-state index contributed by atoms with van der Waals surface area (Å²) in [7, 11) is 0. The van der Waals surface area contributed by atoms with Crippen LogP contribution in [0.1, 0.15) is 58.6 Å². The zero-order valence-electron chi connectivity index (χ0n) is 13.3. The number of nitrogens with one attached hydrogen (secondary N) is 1. The second-order valence-corrected chi connectivity index (χ2v) is 6.69. The van der Waals surface area contributed by atoms with Crippen molar-refractivity contribution in [2.45, 2.75) is 71.2 Å². The van der Waals surface area contributed by atoms with E-state index in [4.69, 9.17) is 4.74 Å². The van der Waals surface area contributed by atoms with Crippen molar-refractivity contribution in [3.63, 3.8) is 0 Å². The Morgan fingerprint density at radius 3 is 2.25 bits per heavy atom.